The second kappa shape index (κ2) is 15.6. The number of carbonyl (C=O) groups is 2. The van der Waals surface area contributed by atoms with E-state index < -0.39 is 0 Å². The molecule has 4 nitrogen and oxygen atoms in total. The van der Waals surface area contributed by atoms with Crippen molar-refractivity contribution in [3.63, 3.8) is 0 Å². The number of hydrogen-bond acceptors (Lipinski definition) is 4. The summed E-state index contributed by atoms with van der Waals surface area (Å²) in [5.74, 6) is 2.39. The first-order valence-corrected chi connectivity index (χ1v) is 14.4. The van der Waals surface area contributed by atoms with Gasteiger partial charge in [-0.3, -0.25) is 9.59 Å². The van der Waals surface area contributed by atoms with Gasteiger partial charge in [0.2, 0.25) is 0 Å². The normalized spacial score (nSPS) is 24.2. The zero-order valence-electron chi connectivity index (χ0n) is 23.1. The van der Waals surface area contributed by atoms with E-state index >= 15 is 0 Å². The third-order valence-electron chi connectivity index (χ3n) is 8.29. The zero-order valence-corrected chi connectivity index (χ0v) is 23.1. The summed E-state index contributed by atoms with van der Waals surface area (Å²) in [7, 11) is 0. The van der Waals surface area contributed by atoms with Gasteiger partial charge in [0.1, 0.15) is 0 Å². The first kappa shape index (κ1) is 28.9. The van der Waals surface area contributed by atoms with Gasteiger partial charge in [-0.2, -0.15) is 0 Å². The van der Waals surface area contributed by atoms with E-state index in [1.807, 2.05) is 20.8 Å². The highest BCUT2D eigenvalue weighted by Gasteiger charge is 2.30. The number of ether oxygens (including phenoxy) is 2. The Hall–Kier alpha value is -2.62. The largest absolute Gasteiger partial charge is 0.466 e. The van der Waals surface area contributed by atoms with Crippen LogP contribution < -0.4 is 0 Å². The van der Waals surface area contributed by atoms with Gasteiger partial charge in [-0.05, 0) is 100 Å². The lowest BCUT2D eigenvalue weighted by atomic mass is 9.74. The van der Waals surface area contributed by atoms with Gasteiger partial charge < -0.3 is 9.47 Å². The summed E-state index contributed by atoms with van der Waals surface area (Å²) in [4.78, 5) is 23.2. The van der Waals surface area contributed by atoms with E-state index in [-0.39, 0.29) is 17.9 Å². The van der Waals surface area contributed by atoms with Gasteiger partial charge in [-0.15, -0.1) is 0 Å². The summed E-state index contributed by atoms with van der Waals surface area (Å²) in [5.41, 5.74) is 2.90. The molecule has 0 heterocycles. The van der Waals surface area contributed by atoms with Crippen molar-refractivity contribution in [2.75, 3.05) is 13.2 Å². The van der Waals surface area contributed by atoms with Gasteiger partial charge in [0.25, 0.3) is 0 Å². The fourth-order valence-electron chi connectivity index (χ4n) is 6.02. The van der Waals surface area contributed by atoms with Crippen LogP contribution in [0.3, 0.4) is 0 Å². The number of carbonyl (C=O) groups excluding carboxylic acids is 2. The highest BCUT2D eigenvalue weighted by molar-refractivity contribution is 5.72. The van der Waals surface area contributed by atoms with Crippen LogP contribution in [0.5, 0.6) is 0 Å². The summed E-state index contributed by atoms with van der Waals surface area (Å²) < 4.78 is 10.1. The molecule has 0 bridgehead atoms. The third-order valence-corrected chi connectivity index (χ3v) is 8.29. The number of esters is 2. The summed E-state index contributed by atoms with van der Waals surface area (Å²) in [6.45, 7) is 6.74. The molecule has 1 atom stereocenters. The maximum Gasteiger partial charge on any atom is 0.308 e. The number of benzene rings is 2. The molecule has 0 radical (unpaired) electrons. The summed E-state index contributed by atoms with van der Waals surface area (Å²) in [6.07, 6.45) is 9.98. The molecule has 2 aromatic rings. The van der Waals surface area contributed by atoms with Gasteiger partial charge in [0, 0.05) is 6.42 Å². The van der Waals surface area contributed by atoms with Crippen molar-refractivity contribution in [2.24, 2.45) is 17.8 Å². The molecule has 0 saturated heterocycles. The Balaban J connectivity index is 0.000000206. The Kier molecular flexibility index (Phi) is 12.2. The van der Waals surface area contributed by atoms with E-state index in [0.717, 1.165) is 25.7 Å². The van der Waals surface area contributed by atoms with Gasteiger partial charge in [-0.25, -0.2) is 0 Å². The SMILES string of the molecule is CCOC(=O)C(C)C1CCC(c2ccccc2)CC1.CCOC(=O)CC1CCC(c2ccccc2)CC1. The van der Waals surface area contributed by atoms with Crippen molar-refractivity contribution < 1.29 is 19.1 Å². The van der Waals surface area contributed by atoms with Crippen molar-refractivity contribution in [3.05, 3.63) is 71.8 Å². The lowest BCUT2D eigenvalue weighted by Gasteiger charge is -2.31. The number of rotatable bonds is 8. The van der Waals surface area contributed by atoms with Crippen LogP contribution in [0.1, 0.15) is 102 Å². The average molecular weight is 507 g/mol. The van der Waals surface area contributed by atoms with Gasteiger partial charge >= 0.3 is 11.9 Å². The van der Waals surface area contributed by atoms with Crippen molar-refractivity contribution in [1.29, 1.82) is 0 Å². The van der Waals surface area contributed by atoms with Crippen LogP contribution in [0.2, 0.25) is 0 Å². The van der Waals surface area contributed by atoms with E-state index in [1.54, 1.807) is 0 Å². The molecule has 0 aromatic heterocycles. The van der Waals surface area contributed by atoms with Crippen LogP contribution >= 0.6 is 0 Å². The van der Waals surface area contributed by atoms with E-state index in [2.05, 4.69) is 60.7 Å². The van der Waals surface area contributed by atoms with Crippen molar-refractivity contribution in [2.45, 2.75) is 90.4 Å². The molecule has 1 unspecified atom stereocenters. The second-order valence-electron chi connectivity index (χ2n) is 10.7. The summed E-state index contributed by atoms with van der Waals surface area (Å²) in [5, 5.41) is 0. The molecule has 2 aromatic carbocycles. The van der Waals surface area contributed by atoms with E-state index in [9.17, 15) is 9.59 Å². The van der Waals surface area contributed by atoms with Crippen LogP contribution in [0.15, 0.2) is 60.7 Å². The Morgan fingerprint density at radius 1 is 0.703 bits per heavy atom. The molecular weight excluding hydrogens is 460 g/mol. The predicted octanol–water partition coefficient (Wildman–Crippen LogP) is 8.07. The first-order valence-electron chi connectivity index (χ1n) is 14.4. The minimum atomic E-state index is -0.0272. The molecule has 2 aliphatic rings. The highest BCUT2D eigenvalue weighted by atomic mass is 16.5. The standard InChI is InChI=1S/C17H24O2.C16H22O2/c1-3-19-17(18)13(2)14-9-11-16(12-10-14)15-7-5-4-6-8-15;1-2-18-16(17)12-13-8-10-15(11-9-13)14-6-4-3-5-7-14/h4-8,13-14,16H,3,9-12H2,1-2H3;3-7,13,15H,2,8-12H2,1H3. The molecule has 202 valence electrons. The fourth-order valence-corrected chi connectivity index (χ4v) is 6.02. The molecule has 4 heteroatoms. The molecule has 2 fully saturated rings. The predicted molar refractivity (Wildman–Crippen MR) is 149 cm³/mol. The Morgan fingerprint density at radius 2 is 1.16 bits per heavy atom. The molecule has 4 rings (SSSR count). The van der Waals surface area contributed by atoms with E-state index in [1.165, 1.54) is 36.8 Å². The summed E-state index contributed by atoms with van der Waals surface area (Å²) in [6, 6.07) is 21.5. The fraction of sp³-hybridized carbons (Fsp3) is 0.576. The van der Waals surface area contributed by atoms with Gasteiger partial charge in [-0.1, -0.05) is 67.6 Å². The van der Waals surface area contributed by atoms with Gasteiger partial charge in [0.05, 0.1) is 19.1 Å². The lowest BCUT2D eigenvalue weighted by Crippen LogP contribution is -2.26. The second-order valence-corrected chi connectivity index (χ2v) is 10.7. The molecule has 0 amide bonds. The first-order chi connectivity index (χ1) is 18.0. The third kappa shape index (κ3) is 9.32. The Bertz CT molecular complexity index is 910. The van der Waals surface area contributed by atoms with Crippen LogP contribution in [0.4, 0.5) is 0 Å². The number of hydrogen-bond donors (Lipinski definition) is 0. The molecular formula is C33H46O4. The van der Waals surface area contributed by atoms with Crippen LogP contribution in [0, 0.1) is 17.8 Å². The topological polar surface area (TPSA) is 52.6 Å². The monoisotopic (exact) mass is 506 g/mol. The quantitative estimate of drug-likeness (QED) is 0.340. The van der Waals surface area contributed by atoms with Crippen LogP contribution in [0.25, 0.3) is 0 Å². The molecule has 0 N–H and O–H groups in total. The van der Waals surface area contributed by atoms with Crippen LogP contribution in [-0.4, -0.2) is 25.2 Å². The van der Waals surface area contributed by atoms with Gasteiger partial charge in [0.15, 0.2) is 0 Å². The molecule has 0 aliphatic heterocycles. The zero-order chi connectivity index (χ0) is 26.5. The summed E-state index contributed by atoms with van der Waals surface area (Å²) >= 11 is 0. The Morgan fingerprint density at radius 3 is 1.62 bits per heavy atom. The van der Waals surface area contributed by atoms with E-state index in [0.29, 0.717) is 43.3 Å². The maximum absolute atomic E-state index is 11.8. The maximum atomic E-state index is 11.8. The van der Waals surface area contributed by atoms with Crippen LogP contribution in [-0.2, 0) is 19.1 Å². The van der Waals surface area contributed by atoms with Crippen molar-refractivity contribution in [1.82, 2.24) is 0 Å². The highest BCUT2D eigenvalue weighted by Crippen LogP contribution is 2.39. The Labute approximate surface area is 224 Å². The molecule has 2 aliphatic carbocycles. The molecule has 2 saturated carbocycles. The average Bonchev–Trinajstić information content (AvgIpc) is 2.95. The van der Waals surface area contributed by atoms with Crippen molar-refractivity contribution in [3.8, 4) is 0 Å². The molecule has 37 heavy (non-hydrogen) atoms. The van der Waals surface area contributed by atoms with Crippen molar-refractivity contribution >= 4 is 11.9 Å². The minimum absolute atomic E-state index is 0.0225. The smallest absolute Gasteiger partial charge is 0.308 e. The van der Waals surface area contributed by atoms with E-state index in [4.69, 9.17) is 9.47 Å². The minimum Gasteiger partial charge on any atom is -0.466 e. The lowest BCUT2D eigenvalue weighted by molar-refractivity contribution is -0.149. The molecule has 0 spiro atoms.